The van der Waals surface area contributed by atoms with E-state index in [9.17, 15) is 9.59 Å². The summed E-state index contributed by atoms with van der Waals surface area (Å²) in [6.07, 6.45) is 1.41. The molecule has 0 unspecified atom stereocenters. The van der Waals surface area contributed by atoms with Crippen molar-refractivity contribution in [3.63, 3.8) is 0 Å². The first-order chi connectivity index (χ1) is 14.3. The van der Waals surface area contributed by atoms with Crippen LogP contribution in [0.4, 0.5) is 5.95 Å². The Morgan fingerprint density at radius 2 is 2.00 bits per heavy atom. The fourth-order valence-corrected chi connectivity index (χ4v) is 4.25. The van der Waals surface area contributed by atoms with Crippen molar-refractivity contribution in [2.24, 2.45) is 0 Å². The van der Waals surface area contributed by atoms with Crippen molar-refractivity contribution in [1.82, 2.24) is 20.3 Å². The Labute approximate surface area is 189 Å². The third-order valence-corrected chi connectivity index (χ3v) is 6.51. The highest BCUT2D eigenvalue weighted by Gasteiger charge is 2.26. The summed E-state index contributed by atoms with van der Waals surface area (Å²) in [5.41, 5.74) is 1.17. The lowest BCUT2D eigenvalue weighted by molar-refractivity contribution is 0.0593. The monoisotopic (exact) mass is 471 g/mol. The van der Waals surface area contributed by atoms with Crippen molar-refractivity contribution in [2.75, 3.05) is 30.9 Å². The van der Waals surface area contributed by atoms with Gasteiger partial charge in [-0.3, -0.25) is 4.79 Å². The quantitative estimate of drug-likeness (QED) is 0.376. The van der Waals surface area contributed by atoms with E-state index in [4.69, 9.17) is 27.9 Å². The number of esters is 1. The molecule has 0 saturated carbocycles. The van der Waals surface area contributed by atoms with Gasteiger partial charge in [0.1, 0.15) is 10.7 Å². The number of aryl methyl sites for hydroxylation is 1. The number of nitrogens with one attached hydrogen (secondary N) is 2. The highest BCUT2D eigenvalue weighted by molar-refractivity contribution is 7.99. The van der Waals surface area contributed by atoms with Gasteiger partial charge >= 0.3 is 5.97 Å². The smallest absolute Gasteiger partial charge is 0.356 e. The molecule has 8 nitrogen and oxygen atoms in total. The van der Waals surface area contributed by atoms with E-state index in [1.54, 1.807) is 13.0 Å². The number of aromatic amines is 1. The van der Waals surface area contributed by atoms with Gasteiger partial charge < -0.3 is 19.9 Å². The largest absolute Gasteiger partial charge is 0.464 e. The number of amides is 1. The zero-order chi connectivity index (χ0) is 21.8. The minimum atomic E-state index is -0.490. The summed E-state index contributed by atoms with van der Waals surface area (Å²) < 4.78 is 4.81. The number of hydrogen-bond acceptors (Lipinski definition) is 7. The number of hydrogen-bond donors (Lipinski definition) is 2. The van der Waals surface area contributed by atoms with Crippen LogP contribution < -0.4 is 10.2 Å². The molecule has 1 aliphatic heterocycles. The van der Waals surface area contributed by atoms with Crippen molar-refractivity contribution in [3.8, 4) is 0 Å². The van der Waals surface area contributed by atoms with Crippen molar-refractivity contribution >= 4 is 52.8 Å². The number of piperidine rings is 1. The molecule has 11 heteroatoms. The molecule has 0 spiro atoms. The normalized spacial score (nSPS) is 14.6. The number of ether oxygens (including phenoxy) is 1. The van der Waals surface area contributed by atoms with Gasteiger partial charge in [0.05, 0.1) is 17.2 Å². The molecule has 0 aliphatic carbocycles. The highest BCUT2D eigenvalue weighted by Crippen LogP contribution is 2.29. The van der Waals surface area contributed by atoms with E-state index < -0.39 is 5.97 Å². The molecule has 0 bridgehead atoms. The van der Waals surface area contributed by atoms with Crippen LogP contribution in [0.5, 0.6) is 0 Å². The maximum absolute atomic E-state index is 12.5. The van der Waals surface area contributed by atoms with E-state index in [0.717, 1.165) is 10.8 Å². The molecule has 2 N–H and O–H groups in total. The van der Waals surface area contributed by atoms with Crippen molar-refractivity contribution in [1.29, 1.82) is 0 Å². The molecular weight excluding hydrogens is 449 g/mol. The van der Waals surface area contributed by atoms with E-state index in [0.29, 0.717) is 42.6 Å². The van der Waals surface area contributed by atoms with Gasteiger partial charge in [0, 0.05) is 30.9 Å². The van der Waals surface area contributed by atoms with Gasteiger partial charge in [-0.25, -0.2) is 14.8 Å². The average Bonchev–Trinajstić information content (AvgIpc) is 3.01. The van der Waals surface area contributed by atoms with Crippen LogP contribution in [0.25, 0.3) is 0 Å². The van der Waals surface area contributed by atoms with E-state index in [1.807, 2.05) is 11.8 Å². The van der Waals surface area contributed by atoms with Gasteiger partial charge in [-0.1, -0.05) is 30.1 Å². The molecule has 3 rings (SSSR count). The number of rotatable bonds is 6. The molecule has 0 atom stereocenters. The number of thioether (sulfide) groups is 1. The SMILES string of the molecule is CCSc1cc(C(=O)OC)nc(N2CCC(NC(=O)c3[nH]c(C)c(Cl)c3Cl)CC2)n1. The number of carbonyl (C=O) groups excluding carboxylic acids is 2. The van der Waals surface area contributed by atoms with Gasteiger partial charge in [0.2, 0.25) is 5.95 Å². The number of anilines is 1. The van der Waals surface area contributed by atoms with Gasteiger partial charge in [-0.15, -0.1) is 11.8 Å². The van der Waals surface area contributed by atoms with Gasteiger partial charge in [-0.05, 0) is 25.5 Å². The lowest BCUT2D eigenvalue weighted by Gasteiger charge is -2.32. The summed E-state index contributed by atoms with van der Waals surface area (Å²) >= 11 is 13.7. The molecule has 0 radical (unpaired) electrons. The first kappa shape index (κ1) is 22.7. The second-order valence-electron chi connectivity index (χ2n) is 6.80. The number of carbonyl (C=O) groups is 2. The molecule has 162 valence electrons. The van der Waals surface area contributed by atoms with Crippen LogP contribution >= 0.6 is 35.0 Å². The zero-order valence-corrected chi connectivity index (χ0v) is 19.2. The van der Waals surface area contributed by atoms with Crippen molar-refractivity contribution in [2.45, 2.75) is 37.8 Å². The molecule has 1 saturated heterocycles. The Morgan fingerprint density at radius 3 is 2.57 bits per heavy atom. The Bertz CT molecular complexity index is 944. The van der Waals surface area contributed by atoms with E-state index in [1.165, 1.54) is 18.9 Å². The van der Waals surface area contributed by atoms with Gasteiger partial charge in [-0.2, -0.15) is 0 Å². The predicted octanol–water partition coefficient (Wildman–Crippen LogP) is 3.72. The van der Waals surface area contributed by atoms with E-state index in [2.05, 4.69) is 20.3 Å². The van der Waals surface area contributed by atoms with Crippen LogP contribution in [0, 0.1) is 6.92 Å². The fraction of sp³-hybridized carbons (Fsp3) is 0.474. The highest BCUT2D eigenvalue weighted by atomic mass is 35.5. The van der Waals surface area contributed by atoms with Crippen LogP contribution in [0.3, 0.4) is 0 Å². The summed E-state index contributed by atoms with van der Waals surface area (Å²) in [6.45, 7) is 5.06. The summed E-state index contributed by atoms with van der Waals surface area (Å²) in [6, 6.07) is 1.63. The van der Waals surface area contributed by atoms with Gasteiger partial charge in [0.25, 0.3) is 5.91 Å². The molecule has 0 aromatic carbocycles. The minimum Gasteiger partial charge on any atom is -0.464 e. The van der Waals surface area contributed by atoms with Crippen LogP contribution in [-0.4, -0.2) is 58.8 Å². The zero-order valence-electron chi connectivity index (χ0n) is 16.9. The lowest BCUT2D eigenvalue weighted by Crippen LogP contribution is -2.45. The number of H-pyrrole nitrogens is 1. The lowest BCUT2D eigenvalue weighted by atomic mass is 10.1. The molecule has 1 aliphatic rings. The van der Waals surface area contributed by atoms with Crippen LogP contribution in [0.1, 0.15) is 46.4 Å². The Hall–Kier alpha value is -1.97. The van der Waals surface area contributed by atoms with Crippen LogP contribution in [0.15, 0.2) is 11.1 Å². The first-order valence-electron chi connectivity index (χ1n) is 9.53. The minimum absolute atomic E-state index is 0.0134. The van der Waals surface area contributed by atoms with Crippen LogP contribution in [0.2, 0.25) is 10.0 Å². The first-order valence-corrected chi connectivity index (χ1v) is 11.3. The number of nitrogens with zero attached hydrogens (tertiary/aromatic N) is 3. The molecule has 1 amide bonds. The summed E-state index contributed by atoms with van der Waals surface area (Å²) in [5.74, 6) is 0.554. The summed E-state index contributed by atoms with van der Waals surface area (Å²) in [5, 5.41) is 4.32. The number of methoxy groups -OCH3 is 1. The molecule has 3 heterocycles. The van der Waals surface area contributed by atoms with Crippen molar-refractivity contribution in [3.05, 3.63) is 33.2 Å². The molecule has 2 aromatic rings. The van der Waals surface area contributed by atoms with Gasteiger partial charge in [0.15, 0.2) is 5.69 Å². The van der Waals surface area contributed by atoms with E-state index >= 15 is 0 Å². The van der Waals surface area contributed by atoms with E-state index in [-0.39, 0.29) is 28.4 Å². The van der Waals surface area contributed by atoms with Crippen molar-refractivity contribution < 1.29 is 14.3 Å². The Balaban J connectivity index is 1.66. The average molecular weight is 472 g/mol. The molecule has 2 aromatic heterocycles. The fourth-order valence-electron chi connectivity index (χ4n) is 3.19. The topological polar surface area (TPSA) is 100 Å². The predicted molar refractivity (Wildman–Crippen MR) is 118 cm³/mol. The third kappa shape index (κ3) is 5.01. The second kappa shape index (κ2) is 9.89. The maximum atomic E-state index is 12.5. The standard InChI is InChI=1S/C19H23Cl2N5O3S/c1-4-30-13-9-12(18(28)29-3)24-19(25-13)26-7-5-11(6-8-26)23-17(27)16-15(21)14(20)10(2)22-16/h9,11,22H,4-8H2,1-3H3,(H,23,27). The molecule has 1 fully saturated rings. The molecule has 30 heavy (non-hydrogen) atoms. The Morgan fingerprint density at radius 1 is 1.30 bits per heavy atom. The summed E-state index contributed by atoms with van der Waals surface area (Å²) in [4.78, 5) is 38.4. The maximum Gasteiger partial charge on any atom is 0.356 e. The number of aromatic nitrogens is 3. The number of halogens is 2. The summed E-state index contributed by atoms with van der Waals surface area (Å²) in [7, 11) is 1.33. The second-order valence-corrected chi connectivity index (χ2v) is 8.84. The Kier molecular flexibility index (Phi) is 7.49. The molecular formula is C19H23Cl2N5O3S. The third-order valence-electron chi connectivity index (χ3n) is 4.77. The van der Waals surface area contributed by atoms with Crippen LogP contribution in [-0.2, 0) is 4.74 Å².